The maximum atomic E-state index is 13.0. The summed E-state index contributed by atoms with van der Waals surface area (Å²) < 4.78 is 76.4. The maximum absolute atomic E-state index is 13.0. The number of alkyl halides is 6. The molecule has 2 rings (SSSR count). The number of benzene rings is 2. The molecule has 0 heterocycles. The monoisotopic (exact) mass is 324 g/mol. The highest BCUT2D eigenvalue weighted by Crippen LogP contribution is 2.41. The Morgan fingerprint density at radius 2 is 1.29 bits per heavy atom. The summed E-state index contributed by atoms with van der Waals surface area (Å²) in [5.41, 5.74) is -2.24. The lowest BCUT2D eigenvalue weighted by molar-refractivity contribution is -0.138. The van der Waals surface area contributed by atoms with Gasteiger partial charge in [-0.25, -0.2) is 0 Å². The molecule has 0 radical (unpaired) electrons. The zero-order chi connectivity index (χ0) is 15.8. The van der Waals surface area contributed by atoms with Crippen molar-refractivity contribution in [1.29, 1.82) is 0 Å². The molecule has 0 bridgehead atoms. The van der Waals surface area contributed by atoms with E-state index in [4.69, 9.17) is 11.6 Å². The molecule has 0 amide bonds. The van der Waals surface area contributed by atoms with Gasteiger partial charge in [-0.2, -0.15) is 26.3 Å². The summed E-state index contributed by atoms with van der Waals surface area (Å²) in [5.74, 6) is 0. The lowest BCUT2D eigenvalue weighted by atomic mass is 9.98. The molecule has 0 atom stereocenters. The molecular weight excluding hydrogens is 318 g/mol. The molecule has 7 heteroatoms. The molecule has 112 valence electrons. The predicted molar refractivity (Wildman–Crippen MR) is 66.9 cm³/mol. The molecule has 21 heavy (non-hydrogen) atoms. The van der Waals surface area contributed by atoms with Crippen molar-refractivity contribution in [2.45, 2.75) is 12.4 Å². The molecule has 2 aromatic carbocycles. The molecule has 0 aromatic heterocycles. The third-order valence-corrected chi connectivity index (χ3v) is 3.14. The molecular formula is C14H7ClF6. The second kappa shape index (κ2) is 5.26. The quantitative estimate of drug-likeness (QED) is 0.561. The fraction of sp³-hybridized carbons (Fsp3) is 0.143. The Bertz CT molecular complexity index is 640. The normalized spacial score (nSPS) is 12.5. The van der Waals surface area contributed by atoms with Gasteiger partial charge < -0.3 is 0 Å². The van der Waals surface area contributed by atoms with Gasteiger partial charge in [-0.15, -0.1) is 0 Å². The zero-order valence-electron chi connectivity index (χ0n) is 10.2. The van der Waals surface area contributed by atoms with E-state index < -0.39 is 28.5 Å². The first-order valence-electron chi connectivity index (χ1n) is 5.64. The van der Waals surface area contributed by atoms with E-state index >= 15 is 0 Å². The Morgan fingerprint density at radius 3 is 1.76 bits per heavy atom. The van der Waals surface area contributed by atoms with E-state index in [1.165, 1.54) is 6.07 Å². The molecule has 0 spiro atoms. The third-order valence-electron chi connectivity index (χ3n) is 2.82. The number of halogens is 7. The van der Waals surface area contributed by atoms with E-state index in [0.29, 0.717) is 0 Å². The molecule has 0 nitrogen and oxygen atoms in total. The van der Waals surface area contributed by atoms with Gasteiger partial charge in [0.15, 0.2) is 0 Å². The van der Waals surface area contributed by atoms with Crippen LogP contribution in [0, 0.1) is 0 Å². The zero-order valence-corrected chi connectivity index (χ0v) is 10.9. The van der Waals surface area contributed by atoms with E-state index in [-0.39, 0.29) is 11.1 Å². The summed E-state index contributed by atoms with van der Waals surface area (Å²) in [6.07, 6.45) is -9.24. The molecule has 0 unspecified atom stereocenters. The maximum Gasteiger partial charge on any atom is 0.418 e. The highest BCUT2D eigenvalue weighted by molar-refractivity contribution is 6.31. The Morgan fingerprint density at radius 1 is 0.714 bits per heavy atom. The lowest BCUT2D eigenvalue weighted by Crippen LogP contribution is -2.08. The Hall–Kier alpha value is -1.69. The van der Waals surface area contributed by atoms with Crippen LogP contribution in [0.4, 0.5) is 26.3 Å². The number of rotatable bonds is 1. The fourth-order valence-electron chi connectivity index (χ4n) is 1.89. The van der Waals surface area contributed by atoms with E-state index in [1.54, 1.807) is 0 Å². The minimum atomic E-state index is -4.70. The lowest BCUT2D eigenvalue weighted by Gasteiger charge is -2.15. The average Bonchev–Trinajstić information content (AvgIpc) is 2.36. The first kappa shape index (κ1) is 15.7. The largest absolute Gasteiger partial charge is 0.418 e. The van der Waals surface area contributed by atoms with E-state index in [0.717, 1.165) is 36.4 Å². The van der Waals surface area contributed by atoms with E-state index in [2.05, 4.69) is 0 Å². The van der Waals surface area contributed by atoms with Crippen LogP contribution in [0.1, 0.15) is 11.1 Å². The predicted octanol–water partition coefficient (Wildman–Crippen LogP) is 6.04. The Kier molecular flexibility index (Phi) is 3.93. The van der Waals surface area contributed by atoms with Crippen molar-refractivity contribution in [2.75, 3.05) is 0 Å². The van der Waals surface area contributed by atoms with Gasteiger partial charge in [0.1, 0.15) is 0 Å². The van der Waals surface area contributed by atoms with Gasteiger partial charge in [-0.1, -0.05) is 35.9 Å². The van der Waals surface area contributed by atoms with Gasteiger partial charge in [-0.05, 0) is 29.3 Å². The molecule has 0 aliphatic carbocycles. The van der Waals surface area contributed by atoms with Crippen molar-refractivity contribution >= 4 is 11.6 Å². The first-order valence-corrected chi connectivity index (χ1v) is 6.02. The van der Waals surface area contributed by atoms with Gasteiger partial charge in [0, 0.05) is 0 Å². The van der Waals surface area contributed by atoms with Crippen molar-refractivity contribution in [3.8, 4) is 11.1 Å². The second-order valence-electron chi connectivity index (χ2n) is 4.24. The van der Waals surface area contributed by atoms with Crippen LogP contribution >= 0.6 is 11.6 Å². The van der Waals surface area contributed by atoms with Gasteiger partial charge in [-0.3, -0.25) is 0 Å². The molecule has 0 fully saturated rings. The summed E-state index contributed by atoms with van der Waals surface area (Å²) >= 11 is 5.57. The second-order valence-corrected chi connectivity index (χ2v) is 4.64. The average molecular weight is 325 g/mol. The highest BCUT2D eigenvalue weighted by Gasteiger charge is 2.36. The minimum absolute atomic E-state index is 0.0119. The van der Waals surface area contributed by atoms with Gasteiger partial charge in [0.25, 0.3) is 0 Å². The van der Waals surface area contributed by atoms with Crippen LogP contribution in [-0.2, 0) is 12.4 Å². The third kappa shape index (κ3) is 3.32. The SMILES string of the molecule is FC(F)(F)c1ccc(-c2cccc(Cl)c2C(F)(F)F)cc1. The van der Waals surface area contributed by atoms with Gasteiger partial charge in [0.05, 0.1) is 16.1 Å². The van der Waals surface area contributed by atoms with Gasteiger partial charge >= 0.3 is 12.4 Å². The van der Waals surface area contributed by atoms with Crippen LogP contribution in [0.25, 0.3) is 11.1 Å². The number of hydrogen-bond acceptors (Lipinski definition) is 0. The van der Waals surface area contributed by atoms with Crippen LogP contribution in [-0.4, -0.2) is 0 Å². The Balaban J connectivity index is 2.56. The van der Waals surface area contributed by atoms with Crippen LogP contribution in [0.5, 0.6) is 0 Å². The first-order chi connectivity index (χ1) is 9.60. The van der Waals surface area contributed by atoms with E-state index in [1.807, 2.05) is 0 Å². The molecule has 0 aliphatic rings. The molecule has 0 N–H and O–H groups in total. The minimum Gasteiger partial charge on any atom is -0.166 e. The van der Waals surface area contributed by atoms with Crippen LogP contribution in [0.3, 0.4) is 0 Å². The molecule has 0 aliphatic heterocycles. The van der Waals surface area contributed by atoms with Crippen molar-refractivity contribution in [3.63, 3.8) is 0 Å². The van der Waals surface area contributed by atoms with Gasteiger partial charge in [0.2, 0.25) is 0 Å². The summed E-state index contributed by atoms with van der Waals surface area (Å²) in [5, 5.41) is -0.500. The van der Waals surface area contributed by atoms with Crippen LogP contribution < -0.4 is 0 Å². The van der Waals surface area contributed by atoms with Crippen molar-refractivity contribution < 1.29 is 26.3 Å². The van der Waals surface area contributed by atoms with Crippen molar-refractivity contribution in [1.82, 2.24) is 0 Å². The Labute approximate surface area is 121 Å². The fourth-order valence-corrected chi connectivity index (χ4v) is 2.17. The summed E-state index contributed by atoms with van der Waals surface area (Å²) in [4.78, 5) is 0. The van der Waals surface area contributed by atoms with Crippen molar-refractivity contribution in [3.05, 3.63) is 58.6 Å². The van der Waals surface area contributed by atoms with E-state index in [9.17, 15) is 26.3 Å². The highest BCUT2D eigenvalue weighted by atomic mass is 35.5. The van der Waals surface area contributed by atoms with Crippen LogP contribution in [0.15, 0.2) is 42.5 Å². The summed E-state index contributed by atoms with van der Waals surface area (Å²) in [7, 11) is 0. The van der Waals surface area contributed by atoms with Crippen LogP contribution in [0.2, 0.25) is 5.02 Å². The summed E-state index contributed by atoms with van der Waals surface area (Å²) in [6.45, 7) is 0. The summed E-state index contributed by atoms with van der Waals surface area (Å²) in [6, 6.07) is 7.00. The molecule has 0 saturated carbocycles. The number of hydrogen-bond donors (Lipinski definition) is 0. The smallest absolute Gasteiger partial charge is 0.166 e. The topological polar surface area (TPSA) is 0 Å². The molecule has 2 aromatic rings. The van der Waals surface area contributed by atoms with Crippen molar-refractivity contribution in [2.24, 2.45) is 0 Å². The standard InChI is InChI=1S/C14H7ClF6/c15-11-3-1-2-10(12(11)14(19,20)21)8-4-6-9(7-5-8)13(16,17)18/h1-7H. The molecule has 0 saturated heterocycles.